The molecular formula is C19H26O3. The zero-order chi connectivity index (χ0) is 15.6. The molecule has 3 heteroatoms. The summed E-state index contributed by atoms with van der Waals surface area (Å²) in [6.07, 6.45) is 6.44. The number of allylic oxidation sites excluding steroid dienone is 1. The van der Waals surface area contributed by atoms with Gasteiger partial charge in [-0.05, 0) is 68.4 Å². The van der Waals surface area contributed by atoms with E-state index in [4.69, 9.17) is 4.74 Å². The maximum Gasteiger partial charge on any atom is 0.312 e. The summed E-state index contributed by atoms with van der Waals surface area (Å²) in [5.74, 6) is 2.09. The average Bonchev–Trinajstić information content (AvgIpc) is 3.23. The second-order valence-corrected chi connectivity index (χ2v) is 8.11. The van der Waals surface area contributed by atoms with Gasteiger partial charge in [0.2, 0.25) is 0 Å². The molecule has 0 aromatic rings. The van der Waals surface area contributed by atoms with Crippen LogP contribution < -0.4 is 0 Å². The lowest BCUT2D eigenvalue weighted by Gasteiger charge is -2.34. The van der Waals surface area contributed by atoms with Gasteiger partial charge in [-0.25, -0.2) is 0 Å². The SMILES string of the molecule is CCC(C)(C)C(=O)OC1CC2C=C1C1=C3CCC(C3CO)[C@H]12. The molecule has 1 fully saturated rings. The van der Waals surface area contributed by atoms with Crippen LogP contribution in [0.2, 0.25) is 0 Å². The van der Waals surface area contributed by atoms with Gasteiger partial charge in [-0.2, -0.15) is 0 Å². The molecule has 1 N–H and O–H groups in total. The molecule has 0 saturated heterocycles. The molecule has 22 heavy (non-hydrogen) atoms. The zero-order valence-electron chi connectivity index (χ0n) is 13.8. The van der Waals surface area contributed by atoms with Crippen molar-refractivity contribution in [2.45, 2.75) is 52.6 Å². The van der Waals surface area contributed by atoms with Crippen molar-refractivity contribution in [2.24, 2.45) is 29.1 Å². The second kappa shape index (κ2) is 4.70. The van der Waals surface area contributed by atoms with Gasteiger partial charge in [0.1, 0.15) is 6.10 Å². The normalized spacial score (nSPS) is 38.5. The summed E-state index contributed by atoms with van der Waals surface area (Å²) in [6.45, 7) is 6.24. The standard InChI is InChI=1S/C19H26O3/c1-4-19(2,3)18(21)22-15-8-10-7-13(15)17-12-6-5-11(16(10)17)14(12)9-20/h7,10-11,14-16,20H,4-6,8-9H2,1-3H3/t10?,11?,14?,15?,16-/m1/s1. The number of carbonyl (C=O) groups is 1. The van der Waals surface area contributed by atoms with Crippen molar-refractivity contribution in [3.05, 3.63) is 22.8 Å². The minimum absolute atomic E-state index is 0.0410. The van der Waals surface area contributed by atoms with E-state index >= 15 is 0 Å². The molecule has 4 aliphatic carbocycles. The highest BCUT2D eigenvalue weighted by molar-refractivity contribution is 5.76. The van der Waals surface area contributed by atoms with E-state index in [0.29, 0.717) is 23.7 Å². The lowest BCUT2D eigenvalue weighted by molar-refractivity contribution is -0.158. The summed E-state index contributed by atoms with van der Waals surface area (Å²) in [5, 5.41) is 9.71. The Morgan fingerprint density at radius 2 is 2.23 bits per heavy atom. The highest BCUT2D eigenvalue weighted by Gasteiger charge is 2.57. The molecule has 0 aliphatic heterocycles. The molecule has 4 aliphatic rings. The van der Waals surface area contributed by atoms with Gasteiger partial charge in [-0.3, -0.25) is 4.79 Å². The number of aliphatic hydroxyl groups excluding tert-OH is 1. The van der Waals surface area contributed by atoms with Crippen molar-refractivity contribution in [3.8, 4) is 0 Å². The second-order valence-electron chi connectivity index (χ2n) is 8.11. The van der Waals surface area contributed by atoms with Gasteiger partial charge in [0.15, 0.2) is 0 Å². The quantitative estimate of drug-likeness (QED) is 0.811. The molecule has 1 saturated carbocycles. The minimum Gasteiger partial charge on any atom is -0.457 e. The highest BCUT2D eigenvalue weighted by Crippen LogP contribution is 2.64. The molecule has 4 bridgehead atoms. The Morgan fingerprint density at radius 1 is 1.45 bits per heavy atom. The Bertz CT molecular complexity index is 583. The molecule has 0 amide bonds. The van der Waals surface area contributed by atoms with Gasteiger partial charge in [-0.15, -0.1) is 0 Å². The van der Waals surface area contributed by atoms with Gasteiger partial charge in [0.05, 0.1) is 5.41 Å². The van der Waals surface area contributed by atoms with Crippen LogP contribution in [-0.2, 0) is 9.53 Å². The van der Waals surface area contributed by atoms with Crippen LogP contribution in [0, 0.1) is 29.1 Å². The third-order valence-corrected chi connectivity index (χ3v) is 6.73. The molecule has 0 heterocycles. The molecule has 3 nitrogen and oxygen atoms in total. The number of hydrogen-bond acceptors (Lipinski definition) is 3. The summed E-state index contributed by atoms with van der Waals surface area (Å²) in [4.78, 5) is 12.4. The number of carbonyl (C=O) groups excluding carboxylic acids is 1. The van der Waals surface area contributed by atoms with Crippen LogP contribution in [0.3, 0.4) is 0 Å². The predicted octanol–water partition coefficient (Wildman–Crippen LogP) is 3.24. The lowest BCUT2D eigenvalue weighted by atomic mass is 9.74. The van der Waals surface area contributed by atoms with E-state index < -0.39 is 5.41 Å². The van der Waals surface area contributed by atoms with E-state index in [-0.39, 0.29) is 18.7 Å². The number of hydrogen-bond donors (Lipinski definition) is 1. The minimum atomic E-state index is -0.401. The summed E-state index contributed by atoms with van der Waals surface area (Å²) < 4.78 is 5.88. The topological polar surface area (TPSA) is 46.5 Å². The van der Waals surface area contributed by atoms with Gasteiger partial charge in [0.25, 0.3) is 0 Å². The van der Waals surface area contributed by atoms with E-state index in [2.05, 4.69) is 6.08 Å². The third-order valence-electron chi connectivity index (χ3n) is 6.73. The Labute approximate surface area is 132 Å². The van der Waals surface area contributed by atoms with Crippen LogP contribution in [0.4, 0.5) is 0 Å². The van der Waals surface area contributed by atoms with Crippen molar-refractivity contribution in [3.63, 3.8) is 0 Å². The monoisotopic (exact) mass is 302 g/mol. The molecule has 0 radical (unpaired) electrons. The molecule has 0 spiro atoms. The first-order chi connectivity index (χ1) is 10.5. The summed E-state index contributed by atoms with van der Waals surface area (Å²) in [7, 11) is 0. The lowest BCUT2D eigenvalue weighted by Crippen LogP contribution is -2.34. The van der Waals surface area contributed by atoms with Crippen molar-refractivity contribution in [1.29, 1.82) is 0 Å². The van der Waals surface area contributed by atoms with Crippen molar-refractivity contribution < 1.29 is 14.6 Å². The van der Waals surface area contributed by atoms with Crippen LogP contribution >= 0.6 is 0 Å². The summed E-state index contributed by atoms with van der Waals surface area (Å²) >= 11 is 0. The Hall–Kier alpha value is -1.09. The molecule has 5 atom stereocenters. The predicted molar refractivity (Wildman–Crippen MR) is 84.0 cm³/mol. The molecular weight excluding hydrogens is 276 g/mol. The van der Waals surface area contributed by atoms with E-state index in [1.165, 1.54) is 23.1 Å². The Balaban J connectivity index is 1.57. The van der Waals surface area contributed by atoms with Crippen molar-refractivity contribution in [2.75, 3.05) is 6.61 Å². The Kier molecular flexibility index (Phi) is 3.10. The largest absolute Gasteiger partial charge is 0.457 e. The summed E-state index contributed by atoms with van der Waals surface area (Å²) in [6, 6.07) is 0. The first kappa shape index (κ1) is 14.5. The van der Waals surface area contributed by atoms with Gasteiger partial charge < -0.3 is 9.84 Å². The summed E-state index contributed by atoms with van der Waals surface area (Å²) in [5.41, 5.74) is 3.83. The number of esters is 1. The number of aliphatic hydroxyl groups is 1. The maximum atomic E-state index is 12.4. The molecule has 0 aromatic carbocycles. The van der Waals surface area contributed by atoms with E-state index in [9.17, 15) is 9.90 Å². The highest BCUT2D eigenvalue weighted by atomic mass is 16.5. The zero-order valence-corrected chi connectivity index (χ0v) is 13.8. The first-order valence-electron chi connectivity index (χ1n) is 8.75. The molecule has 0 aromatic heterocycles. The van der Waals surface area contributed by atoms with Crippen LogP contribution in [-0.4, -0.2) is 23.8 Å². The van der Waals surface area contributed by atoms with Crippen LogP contribution in [0.25, 0.3) is 0 Å². The maximum absolute atomic E-state index is 12.4. The fourth-order valence-electron chi connectivity index (χ4n) is 5.15. The Morgan fingerprint density at radius 3 is 2.91 bits per heavy atom. The average molecular weight is 302 g/mol. The molecule has 4 unspecified atom stereocenters. The van der Waals surface area contributed by atoms with Crippen LogP contribution in [0.5, 0.6) is 0 Å². The number of fused-ring (bicyclic) bond motifs is 7. The fourth-order valence-corrected chi connectivity index (χ4v) is 5.15. The number of ether oxygens (including phenoxy) is 1. The first-order valence-corrected chi connectivity index (χ1v) is 8.75. The third kappa shape index (κ3) is 1.75. The van der Waals surface area contributed by atoms with Gasteiger partial charge >= 0.3 is 5.97 Å². The smallest absolute Gasteiger partial charge is 0.312 e. The van der Waals surface area contributed by atoms with Crippen molar-refractivity contribution in [1.82, 2.24) is 0 Å². The number of rotatable bonds is 4. The van der Waals surface area contributed by atoms with Crippen LogP contribution in [0.1, 0.15) is 46.5 Å². The van der Waals surface area contributed by atoms with Crippen LogP contribution in [0.15, 0.2) is 22.8 Å². The van der Waals surface area contributed by atoms with E-state index in [1.807, 2.05) is 20.8 Å². The van der Waals surface area contributed by atoms with Gasteiger partial charge in [-0.1, -0.05) is 18.6 Å². The van der Waals surface area contributed by atoms with Gasteiger partial charge in [0, 0.05) is 12.5 Å². The van der Waals surface area contributed by atoms with Crippen molar-refractivity contribution >= 4 is 5.97 Å². The van der Waals surface area contributed by atoms with E-state index in [1.54, 1.807) is 0 Å². The molecule has 120 valence electrons. The fraction of sp³-hybridized carbons (Fsp3) is 0.737. The molecule has 4 rings (SSSR count). The van der Waals surface area contributed by atoms with E-state index in [0.717, 1.165) is 19.3 Å².